The van der Waals surface area contributed by atoms with Gasteiger partial charge >= 0.3 is 0 Å². The summed E-state index contributed by atoms with van der Waals surface area (Å²) < 4.78 is 5.40. The fourth-order valence-electron chi connectivity index (χ4n) is 6.95. The lowest BCUT2D eigenvalue weighted by molar-refractivity contribution is -0.169. The van der Waals surface area contributed by atoms with Crippen LogP contribution in [0.15, 0.2) is 23.5 Å². The van der Waals surface area contributed by atoms with E-state index in [0.29, 0.717) is 6.42 Å². The van der Waals surface area contributed by atoms with Crippen molar-refractivity contribution in [2.75, 3.05) is 13.7 Å². The molecule has 6 atom stereocenters. The van der Waals surface area contributed by atoms with Crippen LogP contribution in [-0.2, 0) is 14.3 Å². The number of ether oxygens (including phenoxy) is 1. The largest absolute Gasteiger partial charge is 0.497 e. The molecule has 27 heavy (non-hydrogen) atoms. The Morgan fingerprint density at radius 2 is 2.07 bits per heavy atom. The number of carbonyl (C=O) groups excluding carboxylic acids is 2. The van der Waals surface area contributed by atoms with Gasteiger partial charge in [0.05, 0.1) is 7.11 Å². The highest BCUT2D eigenvalue weighted by molar-refractivity contribution is 5.92. The molecule has 0 saturated heterocycles. The molecule has 3 saturated carbocycles. The van der Waals surface area contributed by atoms with E-state index in [2.05, 4.69) is 19.1 Å². The SMILES string of the molecule is COC1=CCC2(C)C(=C1)CCC1C2C(=O)CC2(C)C1CCC2(O)C(=O)CO. The maximum Gasteiger partial charge on any atom is 0.190 e. The van der Waals surface area contributed by atoms with Crippen molar-refractivity contribution in [1.82, 2.24) is 0 Å². The van der Waals surface area contributed by atoms with Gasteiger partial charge in [-0.2, -0.15) is 0 Å². The number of rotatable bonds is 3. The van der Waals surface area contributed by atoms with E-state index in [0.717, 1.165) is 31.4 Å². The van der Waals surface area contributed by atoms with E-state index < -0.39 is 23.4 Å². The summed E-state index contributed by atoms with van der Waals surface area (Å²) >= 11 is 0. The molecule has 0 radical (unpaired) electrons. The summed E-state index contributed by atoms with van der Waals surface area (Å²) in [7, 11) is 1.67. The Bertz CT molecular complexity index is 752. The molecule has 0 heterocycles. The van der Waals surface area contributed by atoms with E-state index in [9.17, 15) is 19.8 Å². The Kier molecular flexibility index (Phi) is 4.21. The number of ketones is 2. The van der Waals surface area contributed by atoms with E-state index in [4.69, 9.17) is 4.74 Å². The summed E-state index contributed by atoms with van der Waals surface area (Å²) in [5.41, 5.74) is -1.27. The van der Waals surface area contributed by atoms with Crippen LogP contribution >= 0.6 is 0 Å². The Labute approximate surface area is 160 Å². The van der Waals surface area contributed by atoms with Crippen LogP contribution in [0.1, 0.15) is 52.4 Å². The Balaban J connectivity index is 1.72. The van der Waals surface area contributed by atoms with Crippen LogP contribution < -0.4 is 0 Å². The average molecular weight is 374 g/mol. The molecule has 4 aliphatic carbocycles. The van der Waals surface area contributed by atoms with Crippen molar-refractivity contribution in [2.45, 2.75) is 58.0 Å². The maximum absolute atomic E-state index is 13.4. The van der Waals surface area contributed by atoms with Gasteiger partial charge < -0.3 is 14.9 Å². The first-order valence-electron chi connectivity index (χ1n) is 10.1. The lowest BCUT2D eigenvalue weighted by Gasteiger charge is -2.57. The predicted molar refractivity (Wildman–Crippen MR) is 99.6 cm³/mol. The average Bonchev–Trinajstić information content (AvgIpc) is 2.91. The molecule has 0 aromatic rings. The minimum atomic E-state index is -1.58. The minimum Gasteiger partial charge on any atom is -0.497 e. The fraction of sp³-hybridized carbons (Fsp3) is 0.727. The van der Waals surface area contributed by atoms with Gasteiger partial charge in [0, 0.05) is 23.2 Å². The molecule has 0 aliphatic heterocycles. The van der Waals surface area contributed by atoms with E-state index in [1.807, 2.05) is 6.92 Å². The summed E-state index contributed by atoms with van der Waals surface area (Å²) in [5, 5.41) is 20.6. The number of methoxy groups -OCH3 is 1. The minimum absolute atomic E-state index is 0.0724. The van der Waals surface area contributed by atoms with Crippen LogP contribution in [-0.4, -0.2) is 41.1 Å². The van der Waals surface area contributed by atoms with Gasteiger partial charge in [0.15, 0.2) is 5.78 Å². The molecule has 3 fully saturated rings. The van der Waals surface area contributed by atoms with Gasteiger partial charge in [0.2, 0.25) is 0 Å². The molecule has 5 nitrogen and oxygen atoms in total. The lowest BCUT2D eigenvalue weighted by Crippen LogP contribution is -2.60. The van der Waals surface area contributed by atoms with Gasteiger partial charge in [0.25, 0.3) is 0 Å². The summed E-state index contributed by atoms with van der Waals surface area (Å²) in [6.07, 6.45) is 8.08. The third kappa shape index (κ3) is 2.31. The van der Waals surface area contributed by atoms with Gasteiger partial charge in [-0.15, -0.1) is 0 Å². The monoisotopic (exact) mass is 374 g/mol. The Morgan fingerprint density at radius 3 is 2.74 bits per heavy atom. The molecule has 0 bridgehead atoms. The van der Waals surface area contributed by atoms with Gasteiger partial charge in [-0.3, -0.25) is 9.59 Å². The number of hydrogen-bond donors (Lipinski definition) is 2. The van der Waals surface area contributed by atoms with Crippen molar-refractivity contribution >= 4 is 11.6 Å². The normalized spacial score (nSPS) is 46.0. The molecule has 4 rings (SSSR count). The molecule has 0 aromatic heterocycles. The summed E-state index contributed by atoms with van der Waals surface area (Å²) in [5.74, 6) is 0.733. The first-order chi connectivity index (χ1) is 12.7. The third-order valence-electron chi connectivity index (χ3n) is 8.47. The van der Waals surface area contributed by atoms with E-state index in [1.165, 1.54) is 5.57 Å². The smallest absolute Gasteiger partial charge is 0.190 e. The second kappa shape index (κ2) is 6.02. The quantitative estimate of drug-likeness (QED) is 0.793. The molecule has 148 valence electrons. The summed E-state index contributed by atoms with van der Waals surface area (Å²) in [6.45, 7) is 3.42. The van der Waals surface area contributed by atoms with Gasteiger partial charge in [-0.1, -0.05) is 19.4 Å². The van der Waals surface area contributed by atoms with Crippen molar-refractivity contribution < 1.29 is 24.5 Å². The summed E-state index contributed by atoms with van der Waals surface area (Å²) in [6, 6.07) is 0. The van der Waals surface area contributed by atoms with Crippen molar-refractivity contribution in [3.8, 4) is 0 Å². The molecule has 0 spiro atoms. The van der Waals surface area contributed by atoms with Gasteiger partial charge in [-0.25, -0.2) is 0 Å². The first-order valence-corrected chi connectivity index (χ1v) is 10.1. The highest BCUT2D eigenvalue weighted by atomic mass is 16.5. The number of carbonyl (C=O) groups is 2. The zero-order chi connectivity index (χ0) is 19.6. The number of allylic oxidation sites excluding steroid dienone is 3. The van der Waals surface area contributed by atoms with Crippen LogP contribution in [0.3, 0.4) is 0 Å². The van der Waals surface area contributed by atoms with E-state index in [-0.39, 0.29) is 35.4 Å². The first kappa shape index (κ1) is 18.9. The number of fused-ring (bicyclic) bond motifs is 5. The topological polar surface area (TPSA) is 83.8 Å². The molecule has 0 aromatic carbocycles. The molecular weight excluding hydrogens is 344 g/mol. The maximum atomic E-state index is 13.4. The van der Waals surface area contributed by atoms with Crippen molar-refractivity contribution in [3.05, 3.63) is 23.5 Å². The van der Waals surface area contributed by atoms with Crippen LogP contribution in [0.5, 0.6) is 0 Å². The van der Waals surface area contributed by atoms with Crippen LogP contribution in [0.25, 0.3) is 0 Å². The van der Waals surface area contributed by atoms with Crippen LogP contribution in [0.2, 0.25) is 0 Å². The third-order valence-corrected chi connectivity index (χ3v) is 8.47. The fourth-order valence-corrected chi connectivity index (χ4v) is 6.95. The molecule has 0 amide bonds. The molecule has 2 N–H and O–H groups in total. The number of aliphatic hydroxyl groups excluding tert-OH is 1. The van der Waals surface area contributed by atoms with E-state index >= 15 is 0 Å². The lowest BCUT2D eigenvalue weighted by atomic mass is 9.46. The Hall–Kier alpha value is -1.46. The highest BCUT2D eigenvalue weighted by Gasteiger charge is 2.68. The summed E-state index contributed by atoms with van der Waals surface area (Å²) in [4.78, 5) is 25.8. The highest BCUT2D eigenvalue weighted by Crippen LogP contribution is 2.66. The van der Waals surface area contributed by atoms with Crippen molar-refractivity contribution in [1.29, 1.82) is 0 Å². The molecular formula is C22H30O5. The van der Waals surface area contributed by atoms with Crippen molar-refractivity contribution in [2.24, 2.45) is 28.6 Å². The van der Waals surface area contributed by atoms with Crippen LogP contribution in [0, 0.1) is 28.6 Å². The van der Waals surface area contributed by atoms with Gasteiger partial charge in [-0.05, 0) is 56.1 Å². The second-order valence-electron chi connectivity index (χ2n) is 9.43. The molecule has 6 unspecified atom stereocenters. The van der Waals surface area contributed by atoms with Gasteiger partial charge in [0.1, 0.15) is 23.8 Å². The molecule has 4 aliphatic rings. The molecule has 5 heteroatoms. The standard InChI is InChI=1S/C22H30O5/c1-20-8-6-14(27-3)10-13(20)4-5-15-16-7-9-22(26,18(25)12-23)21(16,2)11-17(24)19(15)20/h6,10,15-16,19,23,26H,4-5,7-9,11-12H2,1-3H3. The van der Waals surface area contributed by atoms with Crippen LogP contribution in [0.4, 0.5) is 0 Å². The Morgan fingerprint density at radius 1 is 1.33 bits per heavy atom. The number of hydrogen-bond acceptors (Lipinski definition) is 5. The van der Waals surface area contributed by atoms with E-state index in [1.54, 1.807) is 7.11 Å². The second-order valence-corrected chi connectivity index (χ2v) is 9.43. The zero-order valence-electron chi connectivity index (χ0n) is 16.5. The zero-order valence-corrected chi connectivity index (χ0v) is 16.5. The predicted octanol–water partition coefficient (Wildman–Crippen LogP) is 2.56. The number of Topliss-reactive ketones (excluding diaryl/α,β-unsaturated/α-hetero) is 2. The van der Waals surface area contributed by atoms with Crippen molar-refractivity contribution in [3.63, 3.8) is 0 Å². The number of aliphatic hydroxyl groups is 2.